The predicted molar refractivity (Wildman–Crippen MR) is 95.9 cm³/mol. The second-order valence-corrected chi connectivity index (χ2v) is 8.87. The van der Waals surface area contributed by atoms with Crippen molar-refractivity contribution in [1.82, 2.24) is 15.5 Å². The minimum Gasteiger partial charge on any atom is -0.370 e. The molecule has 1 aromatic heterocycles. The number of carbonyl (C=O) groups excluding carboxylic acids is 1. The minimum absolute atomic E-state index is 0.0979. The van der Waals surface area contributed by atoms with E-state index >= 15 is 0 Å². The lowest BCUT2D eigenvalue weighted by Gasteiger charge is -2.23. The minimum atomic E-state index is -0.128. The van der Waals surface area contributed by atoms with Gasteiger partial charge in [-0.3, -0.25) is 4.79 Å². The number of quaternary nitrogens is 1. The Balaban J connectivity index is 1.33. The van der Waals surface area contributed by atoms with E-state index in [1.165, 1.54) is 23.1 Å². The SMILES string of the molecule is C[C@@H](Sc1nnc(NCCC[NH+]2CCOCC2)s1)C(=O)NC1CC1. The lowest BCUT2D eigenvalue weighted by atomic mass is 10.3. The van der Waals surface area contributed by atoms with E-state index in [0.717, 1.165) is 68.1 Å². The highest BCUT2D eigenvalue weighted by atomic mass is 32.2. The maximum absolute atomic E-state index is 12.0. The van der Waals surface area contributed by atoms with E-state index in [1.807, 2.05) is 6.92 Å². The fraction of sp³-hybridized carbons (Fsp3) is 0.800. The highest BCUT2D eigenvalue weighted by molar-refractivity contribution is 8.02. The van der Waals surface area contributed by atoms with Crippen LogP contribution >= 0.6 is 23.1 Å². The van der Waals surface area contributed by atoms with E-state index < -0.39 is 0 Å². The van der Waals surface area contributed by atoms with Crippen LogP contribution in [0.4, 0.5) is 5.13 Å². The Labute approximate surface area is 150 Å². The van der Waals surface area contributed by atoms with E-state index in [4.69, 9.17) is 4.74 Å². The van der Waals surface area contributed by atoms with Gasteiger partial charge in [-0.15, -0.1) is 10.2 Å². The van der Waals surface area contributed by atoms with Gasteiger partial charge in [0, 0.05) is 19.0 Å². The molecule has 1 saturated carbocycles. The highest BCUT2D eigenvalue weighted by Gasteiger charge is 2.26. The number of ether oxygens (including phenoxy) is 1. The molecule has 1 aliphatic heterocycles. The second-order valence-electron chi connectivity index (χ2n) is 6.31. The molecule has 1 amide bonds. The van der Waals surface area contributed by atoms with Gasteiger partial charge < -0.3 is 20.3 Å². The van der Waals surface area contributed by atoms with E-state index in [0.29, 0.717) is 6.04 Å². The van der Waals surface area contributed by atoms with Crippen molar-refractivity contribution < 1.29 is 14.4 Å². The molecule has 9 heteroatoms. The van der Waals surface area contributed by atoms with Gasteiger partial charge in [-0.05, 0) is 19.8 Å². The first-order valence-electron chi connectivity index (χ1n) is 8.66. The first kappa shape index (κ1) is 17.9. The molecule has 1 aromatic rings. The zero-order valence-corrected chi connectivity index (χ0v) is 15.7. The van der Waals surface area contributed by atoms with Gasteiger partial charge in [-0.2, -0.15) is 0 Å². The van der Waals surface area contributed by atoms with Crippen LogP contribution in [-0.2, 0) is 9.53 Å². The van der Waals surface area contributed by atoms with Crippen LogP contribution in [0.5, 0.6) is 0 Å². The third-order valence-electron chi connectivity index (χ3n) is 4.16. The molecular weight excluding hydrogens is 346 g/mol. The quantitative estimate of drug-likeness (QED) is 0.419. The number of carbonyl (C=O) groups is 1. The molecule has 0 unspecified atom stereocenters. The van der Waals surface area contributed by atoms with Crippen molar-refractivity contribution in [2.75, 3.05) is 44.7 Å². The summed E-state index contributed by atoms with van der Waals surface area (Å²) in [5.41, 5.74) is 0. The molecule has 2 fully saturated rings. The largest absolute Gasteiger partial charge is 0.370 e. The molecule has 0 radical (unpaired) electrons. The Kier molecular flexibility index (Phi) is 6.70. The standard InChI is InChI=1S/C15H25N5O2S2/c1-11(13(21)17-12-3-4-12)23-15-19-18-14(24-15)16-5-2-6-20-7-9-22-10-8-20/h11-12H,2-10H2,1H3,(H,16,18)(H,17,21)/p+1/t11-/m1/s1. The van der Waals surface area contributed by atoms with Crippen LogP contribution in [0.25, 0.3) is 0 Å². The van der Waals surface area contributed by atoms with Crippen LogP contribution in [0.3, 0.4) is 0 Å². The van der Waals surface area contributed by atoms with E-state index in [-0.39, 0.29) is 11.2 Å². The first-order chi connectivity index (χ1) is 11.7. The first-order valence-corrected chi connectivity index (χ1v) is 10.4. The number of nitrogens with zero attached hydrogens (tertiary/aromatic N) is 2. The van der Waals surface area contributed by atoms with Gasteiger partial charge in [0.1, 0.15) is 13.1 Å². The summed E-state index contributed by atoms with van der Waals surface area (Å²) in [6.07, 6.45) is 3.34. The molecule has 0 aromatic carbocycles. The van der Waals surface area contributed by atoms with Crippen molar-refractivity contribution in [2.24, 2.45) is 0 Å². The number of morpholine rings is 1. The van der Waals surface area contributed by atoms with Crippen molar-refractivity contribution in [3.05, 3.63) is 0 Å². The average molecular weight is 373 g/mol. The molecule has 134 valence electrons. The third-order valence-corrected chi connectivity index (χ3v) is 6.23. The number of aromatic nitrogens is 2. The second kappa shape index (κ2) is 8.98. The van der Waals surface area contributed by atoms with Crippen molar-refractivity contribution in [2.45, 2.75) is 41.8 Å². The summed E-state index contributed by atoms with van der Waals surface area (Å²) in [4.78, 5) is 13.6. The van der Waals surface area contributed by atoms with Crippen LogP contribution in [0.1, 0.15) is 26.2 Å². The molecule has 24 heavy (non-hydrogen) atoms. The van der Waals surface area contributed by atoms with Crippen LogP contribution in [0, 0.1) is 0 Å². The Hall–Kier alpha value is -0.900. The van der Waals surface area contributed by atoms with Gasteiger partial charge in [0.2, 0.25) is 11.0 Å². The number of rotatable bonds is 9. The van der Waals surface area contributed by atoms with Crippen LogP contribution < -0.4 is 15.5 Å². The van der Waals surface area contributed by atoms with E-state index in [2.05, 4.69) is 20.8 Å². The Bertz CT molecular complexity index is 532. The molecule has 1 saturated heterocycles. The van der Waals surface area contributed by atoms with Crippen LogP contribution in [-0.4, -0.2) is 66.8 Å². The number of nitrogens with one attached hydrogen (secondary N) is 3. The molecule has 3 N–H and O–H groups in total. The normalized spacial score (nSPS) is 19.9. The summed E-state index contributed by atoms with van der Waals surface area (Å²) in [6.45, 7) is 7.97. The number of amides is 1. The van der Waals surface area contributed by atoms with Crippen molar-refractivity contribution in [1.29, 1.82) is 0 Å². The topological polar surface area (TPSA) is 80.6 Å². The summed E-state index contributed by atoms with van der Waals surface area (Å²) >= 11 is 3.00. The fourth-order valence-corrected chi connectivity index (χ4v) is 4.45. The summed E-state index contributed by atoms with van der Waals surface area (Å²) in [6, 6.07) is 0.404. The van der Waals surface area contributed by atoms with Gasteiger partial charge in [0.05, 0.1) is 25.0 Å². The molecule has 0 bridgehead atoms. The van der Waals surface area contributed by atoms with Crippen molar-refractivity contribution >= 4 is 34.1 Å². The number of hydrogen-bond donors (Lipinski definition) is 3. The maximum atomic E-state index is 12.0. The van der Waals surface area contributed by atoms with Crippen LogP contribution in [0.2, 0.25) is 0 Å². The maximum Gasteiger partial charge on any atom is 0.233 e. The van der Waals surface area contributed by atoms with E-state index in [9.17, 15) is 4.79 Å². The van der Waals surface area contributed by atoms with Crippen LogP contribution in [0.15, 0.2) is 4.34 Å². The predicted octanol–water partition coefficient (Wildman–Crippen LogP) is 0.0144. The summed E-state index contributed by atoms with van der Waals surface area (Å²) in [5.74, 6) is 0.0979. The van der Waals surface area contributed by atoms with Gasteiger partial charge in [0.25, 0.3) is 0 Å². The molecule has 1 atom stereocenters. The molecule has 2 heterocycles. The lowest BCUT2D eigenvalue weighted by Crippen LogP contribution is -3.14. The average Bonchev–Trinajstić information content (AvgIpc) is 3.30. The van der Waals surface area contributed by atoms with Crippen molar-refractivity contribution in [3.63, 3.8) is 0 Å². The zero-order chi connectivity index (χ0) is 16.8. The number of anilines is 1. The summed E-state index contributed by atoms with van der Waals surface area (Å²) < 4.78 is 6.21. The molecule has 2 aliphatic rings. The molecule has 1 aliphatic carbocycles. The number of hydrogen-bond acceptors (Lipinski definition) is 7. The fourth-order valence-electron chi connectivity index (χ4n) is 2.52. The Morgan fingerprint density at radius 2 is 2.21 bits per heavy atom. The number of thioether (sulfide) groups is 1. The summed E-state index contributed by atoms with van der Waals surface area (Å²) in [7, 11) is 0. The lowest BCUT2D eigenvalue weighted by molar-refractivity contribution is -0.908. The third kappa shape index (κ3) is 5.87. The van der Waals surface area contributed by atoms with Gasteiger partial charge in [-0.25, -0.2) is 0 Å². The molecular formula is C15H26N5O2S2+. The van der Waals surface area contributed by atoms with E-state index in [1.54, 1.807) is 4.90 Å². The Morgan fingerprint density at radius 3 is 2.96 bits per heavy atom. The highest BCUT2D eigenvalue weighted by Crippen LogP contribution is 2.29. The molecule has 7 nitrogen and oxygen atoms in total. The smallest absolute Gasteiger partial charge is 0.233 e. The summed E-state index contributed by atoms with van der Waals surface area (Å²) in [5, 5.41) is 15.4. The Morgan fingerprint density at radius 1 is 1.42 bits per heavy atom. The van der Waals surface area contributed by atoms with Crippen molar-refractivity contribution in [3.8, 4) is 0 Å². The zero-order valence-electron chi connectivity index (χ0n) is 14.0. The van der Waals surface area contributed by atoms with Gasteiger partial charge in [-0.1, -0.05) is 23.1 Å². The molecule has 0 spiro atoms. The monoisotopic (exact) mass is 372 g/mol. The van der Waals surface area contributed by atoms with Gasteiger partial charge in [0.15, 0.2) is 4.34 Å². The van der Waals surface area contributed by atoms with Gasteiger partial charge >= 0.3 is 0 Å². The molecule has 3 rings (SSSR count).